The quantitative estimate of drug-likeness (QED) is 0.368. The first-order valence-electron chi connectivity index (χ1n) is 0.548. The van der Waals surface area contributed by atoms with E-state index >= 15 is 0 Å². The van der Waals surface area contributed by atoms with Gasteiger partial charge in [-0.05, 0) is 0 Å². The van der Waals surface area contributed by atoms with Crippen LogP contribution < -0.4 is 84.6 Å². The van der Waals surface area contributed by atoms with Crippen LogP contribution in [-0.4, -0.2) is 0 Å². The van der Waals surface area contributed by atoms with Crippen LogP contribution in [0.2, 0.25) is 0 Å². The zero-order valence-corrected chi connectivity index (χ0v) is 11.0. The summed E-state index contributed by atoms with van der Waals surface area (Å²) in [5.74, 6) is 0. The molecule has 3 nitrogen and oxygen atoms in total. The van der Waals surface area contributed by atoms with Crippen molar-refractivity contribution >= 4 is 0 Å². The Morgan fingerprint density at radius 1 is 1.50 bits per heavy atom. The first-order valence-corrected chi connectivity index (χ1v) is 3.24. The third kappa shape index (κ3) is 28.3. The first kappa shape index (κ1) is 16.0. The van der Waals surface area contributed by atoms with Crippen LogP contribution in [0.1, 0.15) is 1.43 Å². The topological polar surface area (TPSA) is 57.2 Å². The number of hydrogen-bond donors (Lipinski definition) is 0. The predicted octanol–water partition coefficient (Wildman–Crippen LogP) is -7.31. The third-order valence-corrected chi connectivity index (χ3v) is 0. The molecule has 26 valence electrons. The van der Waals surface area contributed by atoms with Crippen LogP contribution >= 0.6 is 0 Å². The van der Waals surface area contributed by atoms with Gasteiger partial charge < -0.3 is 1.43 Å². The molecule has 6 heteroatoms. The molecule has 0 aromatic carbocycles. The standard InChI is InChI=1S/K.Na.Nb.3O.H/q2*+1;;;;2*-1. The number of hydrogen-bond acceptors (Lipinski definition) is 3. The fraction of sp³-hybridized carbons (Fsp3) is 0. The maximum atomic E-state index is 8.60. The van der Waals surface area contributed by atoms with Gasteiger partial charge in [-0.15, -0.1) is 0 Å². The van der Waals surface area contributed by atoms with Gasteiger partial charge in [-0.1, -0.05) is 0 Å². The molecule has 0 aliphatic heterocycles. The monoisotopic (exact) mass is 204 g/mol. The maximum absolute atomic E-state index is 8.60. The van der Waals surface area contributed by atoms with Gasteiger partial charge in [0.05, 0.1) is 0 Å². The van der Waals surface area contributed by atoms with E-state index in [0.717, 1.165) is 0 Å². The molecule has 0 rings (SSSR count). The van der Waals surface area contributed by atoms with E-state index in [1.807, 2.05) is 0 Å². The average molecular weight is 204 g/mol. The molecule has 0 aliphatic carbocycles. The van der Waals surface area contributed by atoms with Crippen molar-refractivity contribution in [3.05, 3.63) is 0 Å². The van der Waals surface area contributed by atoms with Crippen LogP contribution in [0.3, 0.4) is 0 Å². The molecule has 0 radical (unpaired) electrons. The Hall–Kier alpha value is 2.94. The summed E-state index contributed by atoms with van der Waals surface area (Å²) in [6.45, 7) is 0. The Labute approximate surface area is 108 Å². The van der Waals surface area contributed by atoms with Crippen LogP contribution in [0, 0.1) is 0 Å². The molecule has 0 spiro atoms. The molecule has 0 saturated carbocycles. The molecule has 6 heavy (non-hydrogen) atoms. The SMILES string of the molecule is [H-].[K+].[Na+].[O]=[Nb](=[O])[O-]. The van der Waals surface area contributed by atoms with Crippen molar-refractivity contribution in [1.82, 2.24) is 0 Å². The molecule has 0 N–H and O–H groups in total. The second-order valence-corrected chi connectivity index (χ2v) is 1.32. The van der Waals surface area contributed by atoms with Crippen molar-refractivity contribution in [2.75, 3.05) is 0 Å². The normalized spacial score (nSPS) is 4.17. The van der Waals surface area contributed by atoms with Crippen molar-refractivity contribution in [3.8, 4) is 0 Å². The van der Waals surface area contributed by atoms with Gasteiger partial charge in [0.2, 0.25) is 0 Å². The van der Waals surface area contributed by atoms with Gasteiger partial charge in [0.25, 0.3) is 0 Å². The third-order valence-electron chi connectivity index (χ3n) is 0. The fourth-order valence-corrected chi connectivity index (χ4v) is 0. The van der Waals surface area contributed by atoms with Crippen LogP contribution in [0.15, 0.2) is 0 Å². The van der Waals surface area contributed by atoms with Crippen molar-refractivity contribution in [2.45, 2.75) is 0 Å². The van der Waals surface area contributed by atoms with E-state index in [1.165, 1.54) is 0 Å². The Balaban J connectivity index is -0.0000000150. The second kappa shape index (κ2) is 10.8. The number of rotatable bonds is 0. The minimum absolute atomic E-state index is 0. The van der Waals surface area contributed by atoms with E-state index in [1.54, 1.807) is 0 Å². The molecule has 0 fully saturated rings. The van der Waals surface area contributed by atoms with Gasteiger partial charge >= 0.3 is 110 Å². The van der Waals surface area contributed by atoms with Crippen LogP contribution in [0.4, 0.5) is 0 Å². The average Bonchev–Trinajstić information content (AvgIpc) is 0.811. The summed E-state index contributed by atoms with van der Waals surface area (Å²) >= 11 is -4.20. The van der Waals surface area contributed by atoms with Gasteiger partial charge in [0.15, 0.2) is 0 Å². The fourth-order valence-electron chi connectivity index (χ4n) is 0. The molecular weight excluding hydrogens is 203 g/mol. The van der Waals surface area contributed by atoms with E-state index in [4.69, 9.17) is 10.1 Å². The van der Waals surface area contributed by atoms with Gasteiger partial charge in [-0.2, -0.15) is 0 Å². The Morgan fingerprint density at radius 3 is 1.50 bits per heavy atom. The Bertz CT molecular complexity index is 63.3. The zero-order chi connectivity index (χ0) is 3.58. The van der Waals surface area contributed by atoms with Gasteiger partial charge in [-0.25, -0.2) is 0 Å². The van der Waals surface area contributed by atoms with Gasteiger partial charge in [0, 0.05) is 0 Å². The molecule has 0 aromatic rings. The van der Waals surface area contributed by atoms with Crippen LogP contribution in [0.25, 0.3) is 0 Å². The Kier molecular flexibility index (Phi) is 28.8. The molecular formula is HKNaNbO3. The molecule has 0 unspecified atom stereocenters. The zero-order valence-electron chi connectivity index (χ0n) is 4.67. The van der Waals surface area contributed by atoms with Crippen molar-refractivity contribution in [2.24, 2.45) is 0 Å². The second-order valence-electron chi connectivity index (χ2n) is 0.224. The molecule has 0 bridgehead atoms. The minimum atomic E-state index is -4.20. The summed E-state index contributed by atoms with van der Waals surface area (Å²) < 4.78 is 25.8. The Morgan fingerprint density at radius 2 is 1.50 bits per heavy atom. The van der Waals surface area contributed by atoms with Crippen molar-refractivity contribution in [1.29, 1.82) is 0 Å². The van der Waals surface area contributed by atoms with Gasteiger partial charge in [0.1, 0.15) is 0 Å². The molecule has 0 aliphatic rings. The van der Waals surface area contributed by atoms with Crippen molar-refractivity contribution < 1.29 is 111 Å². The van der Waals surface area contributed by atoms with Crippen molar-refractivity contribution in [3.63, 3.8) is 0 Å². The summed E-state index contributed by atoms with van der Waals surface area (Å²) in [5.41, 5.74) is 0. The van der Waals surface area contributed by atoms with E-state index in [9.17, 15) is 0 Å². The first-order chi connectivity index (χ1) is 1.73. The predicted molar refractivity (Wildman–Crippen MR) is 2.49 cm³/mol. The molecule has 0 amide bonds. The summed E-state index contributed by atoms with van der Waals surface area (Å²) in [5, 5.41) is 0. The summed E-state index contributed by atoms with van der Waals surface area (Å²) in [7, 11) is 0. The summed E-state index contributed by atoms with van der Waals surface area (Å²) in [6.07, 6.45) is 0. The molecule has 0 heterocycles. The summed E-state index contributed by atoms with van der Waals surface area (Å²) in [4.78, 5) is 0. The van der Waals surface area contributed by atoms with Crippen LogP contribution in [0.5, 0.6) is 0 Å². The van der Waals surface area contributed by atoms with E-state index in [2.05, 4.69) is 0 Å². The van der Waals surface area contributed by atoms with E-state index in [-0.39, 0.29) is 82.4 Å². The van der Waals surface area contributed by atoms with E-state index < -0.39 is 18.8 Å². The molecule has 0 aromatic heterocycles. The van der Waals surface area contributed by atoms with Gasteiger partial charge in [-0.3, -0.25) is 0 Å². The molecule has 0 saturated heterocycles. The van der Waals surface area contributed by atoms with Crippen LogP contribution in [-0.2, 0) is 25.3 Å². The van der Waals surface area contributed by atoms with E-state index in [0.29, 0.717) is 0 Å². The summed E-state index contributed by atoms with van der Waals surface area (Å²) in [6, 6.07) is 0. The molecule has 0 atom stereocenters.